The summed E-state index contributed by atoms with van der Waals surface area (Å²) in [7, 11) is 0. The van der Waals surface area contributed by atoms with Crippen LogP contribution in [0.4, 0.5) is 16.4 Å². The van der Waals surface area contributed by atoms with Crippen molar-refractivity contribution in [1.29, 1.82) is 0 Å². The van der Waals surface area contributed by atoms with E-state index < -0.39 is 0 Å². The number of urea groups is 1. The maximum atomic E-state index is 13.8. The Morgan fingerprint density at radius 3 is 2.69 bits per heavy atom. The van der Waals surface area contributed by atoms with E-state index >= 15 is 0 Å². The fourth-order valence-electron chi connectivity index (χ4n) is 3.95. The van der Waals surface area contributed by atoms with Gasteiger partial charge in [0.05, 0.1) is 36.8 Å². The van der Waals surface area contributed by atoms with Gasteiger partial charge in [0, 0.05) is 37.7 Å². The summed E-state index contributed by atoms with van der Waals surface area (Å²) in [5, 5.41) is 3.08. The van der Waals surface area contributed by atoms with Gasteiger partial charge in [-0.25, -0.2) is 19.7 Å². The van der Waals surface area contributed by atoms with Crippen molar-refractivity contribution < 1.29 is 9.53 Å². The molecule has 1 saturated heterocycles. The molecular formula is C27H31N7O2. The predicted molar refractivity (Wildman–Crippen MR) is 139 cm³/mol. The number of ether oxygens (including phenoxy) is 1. The van der Waals surface area contributed by atoms with Crippen LogP contribution in [0.2, 0.25) is 0 Å². The first-order chi connectivity index (χ1) is 17.4. The number of hydrogen-bond acceptors (Lipinski definition) is 7. The quantitative estimate of drug-likeness (QED) is 0.509. The van der Waals surface area contributed by atoms with Crippen molar-refractivity contribution >= 4 is 17.7 Å². The van der Waals surface area contributed by atoms with Crippen molar-refractivity contribution in [3.63, 3.8) is 0 Å². The van der Waals surface area contributed by atoms with Gasteiger partial charge in [-0.3, -0.25) is 14.8 Å². The lowest BCUT2D eigenvalue weighted by atomic mass is 10.1. The van der Waals surface area contributed by atoms with Gasteiger partial charge in [-0.2, -0.15) is 0 Å². The van der Waals surface area contributed by atoms with Gasteiger partial charge in [0.25, 0.3) is 0 Å². The zero-order chi connectivity index (χ0) is 25.5. The van der Waals surface area contributed by atoms with Crippen LogP contribution in [0.3, 0.4) is 0 Å². The third-order valence-corrected chi connectivity index (χ3v) is 5.97. The highest BCUT2D eigenvalue weighted by atomic mass is 16.5. The molecule has 3 aromatic heterocycles. The number of anilines is 2. The number of hydrogen-bond donors (Lipinski definition) is 1. The van der Waals surface area contributed by atoms with Gasteiger partial charge < -0.3 is 10.1 Å². The SMILES string of the molecule is C#Cc1cccc(CN(C(=O)Nc2c(CN3CCOCC3)ccnc2C)c2nccc(C(C)C)n2)n1. The van der Waals surface area contributed by atoms with E-state index in [-0.39, 0.29) is 18.5 Å². The number of morpholine rings is 1. The molecule has 0 aromatic carbocycles. The Morgan fingerprint density at radius 2 is 1.94 bits per heavy atom. The van der Waals surface area contributed by atoms with Crippen LogP contribution in [0.1, 0.15) is 48.1 Å². The molecule has 186 valence electrons. The largest absolute Gasteiger partial charge is 0.379 e. The maximum absolute atomic E-state index is 13.8. The number of nitrogens with zero attached hydrogens (tertiary/aromatic N) is 6. The van der Waals surface area contributed by atoms with E-state index in [2.05, 4.69) is 36.1 Å². The first kappa shape index (κ1) is 25.2. The Hall–Kier alpha value is -3.87. The molecular weight excluding hydrogens is 454 g/mol. The van der Waals surface area contributed by atoms with Crippen LogP contribution in [-0.4, -0.2) is 57.2 Å². The first-order valence-corrected chi connectivity index (χ1v) is 12.0. The van der Waals surface area contributed by atoms with Crippen LogP contribution in [0.5, 0.6) is 0 Å². The fraction of sp³-hybridized carbons (Fsp3) is 0.370. The van der Waals surface area contributed by atoms with E-state index in [1.165, 1.54) is 4.90 Å². The van der Waals surface area contributed by atoms with Gasteiger partial charge >= 0.3 is 6.03 Å². The topological polar surface area (TPSA) is 96.4 Å². The minimum absolute atomic E-state index is 0.154. The normalized spacial score (nSPS) is 13.9. The summed E-state index contributed by atoms with van der Waals surface area (Å²) in [6, 6.07) is 8.82. The molecule has 1 aliphatic rings. The second-order valence-electron chi connectivity index (χ2n) is 8.93. The Bertz CT molecular complexity index is 1250. The minimum Gasteiger partial charge on any atom is -0.379 e. The number of nitrogens with one attached hydrogen (secondary N) is 1. The Labute approximate surface area is 212 Å². The van der Waals surface area contributed by atoms with Gasteiger partial charge in [-0.15, -0.1) is 6.42 Å². The molecule has 4 rings (SSSR count). The third kappa shape index (κ3) is 6.22. The molecule has 0 unspecified atom stereocenters. The molecule has 2 amide bonds. The maximum Gasteiger partial charge on any atom is 0.329 e. The summed E-state index contributed by atoms with van der Waals surface area (Å²) < 4.78 is 5.47. The van der Waals surface area contributed by atoms with Crippen molar-refractivity contribution in [2.75, 3.05) is 36.5 Å². The molecule has 0 bridgehead atoms. The number of terminal acetylenes is 1. The summed E-state index contributed by atoms with van der Waals surface area (Å²) in [6.45, 7) is 9.91. The van der Waals surface area contributed by atoms with Crippen LogP contribution in [-0.2, 0) is 17.8 Å². The van der Waals surface area contributed by atoms with E-state index in [1.807, 2.05) is 45.0 Å². The van der Waals surface area contributed by atoms with Crippen LogP contribution in [0.15, 0.2) is 42.7 Å². The number of rotatable bonds is 7. The van der Waals surface area contributed by atoms with E-state index in [0.717, 1.165) is 30.0 Å². The average Bonchev–Trinajstić information content (AvgIpc) is 2.90. The van der Waals surface area contributed by atoms with Crippen LogP contribution >= 0.6 is 0 Å². The second-order valence-corrected chi connectivity index (χ2v) is 8.93. The number of pyridine rings is 2. The molecule has 1 aliphatic heterocycles. The summed E-state index contributed by atoms with van der Waals surface area (Å²) in [5.41, 5.74) is 4.38. The molecule has 1 N–H and O–H groups in total. The fourth-order valence-corrected chi connectivity index (χ4v) is 3.95. The van der Waals surface area contributed by atoms with Crippen LogP contribution < -0.4 is 10.2 Å². The van der Waals surface area contributed by atoms with Gasteiger partial charge in [0.1, 0.15) is 5.69 Å². The number of aromatic nitrogens is 4. The van der Waals surface area contributed by atoms with E-state index in [1.54, 1.807) is 18.5 Å². The van der Waals surface area contributed by atoms with Crippen molar-refractivity contribution in [1.82, 2.24) is 24.8 Å². The van der Waals surface area contributed by atoms with Gasteiger partial charge in [0.15, 0.2) is 0 Å². The Kier molecular flexibility index (Phi) is 8.21. The van der Waals surface area contributed by atoms with Crippen molar-refractivity contribution in [2.24, 2.45) is 0 Å². The molecule has 0 spiro atoms. The van der Waals surface area contributed by atoms with Gasteiger partial charge in [0.2, 0.25) is 5.95 Å². The average molecular weight is 486 g/mol. The lowest BCUT2D eigenvalue weighted by molar-refractivity contribution is 0.0342. The molecule has 36 heavy (non-hydrogen) atoms. The molecule has 9 nitrogen and oxygen atoms in total. The lowest BCUT2D eigenvalue weighted by Crippen LogP contribution is -2.38. The summed E-state index contributed by atoms with van der Waals surface area (Å²) in [6.07, 6.45) is 8.97. The highest BCUT2D eigenvalue weighted by molar-refractivity contribution is 6.01. The first-order valence-electron chi connectivity index (χ1n) is 12.0. The minimum atomic E-state index is -0.372. The number of carbonyl (C=O) groups is 1. The number of aryl methyl sites for hydroxylation is 1. The third-order valence-electron chi connectivity index (χ3n) is 5.97. The predicted octanol–water partition coefficient (Wildman–Crippen LogP) is 3.75. The van der Waals surface area contributed by atoms with Gasteiger partial charge in [-0.05, 0) is 42.7 Å². The lowest BCUT2D eigenvalue weighted by Gasteiger charge is -2.28. The van der Waals surface area contributed by atoms with Crippen LogP contribution in [0, 0.1) is 19.3 Å². The molecule has 0 radical (unpaired) electrons. The van der Waals surface area contributed by atoms with E-state index in [4.69, 9.17) is 11.2 Å². The Balaban J connectivity index is 1.65. The molecule has 0 atom stereocenters. The van der Waals surface area contributed by atoms with E-state index in [9.17, 15) is 4.79 Å². The van der Waals surface area contributed by atoms with Gasteiger partial charge in [-0.1, -0.05) is 25.8 Å². The molecule has 0 saturated carbocycles. The zero-order valence-electron chi connectivity index (χ0n) is 20.9. The Morgan fingerprint density at radius 1 is 1.17 bits per heavy atom. The standard InChI is InChI=1S/C27H31N7O2/c1-5-22-7-6-8-23(30-22)18-34(26-29-12-10-24(31-26)19(2)3)27(35)32-25-20(4)28-11-9-21(25)17-33-13-15-36-16-14-33/h1,6-12,19H,13-18H2,2-4H3,(H,32,35). The molecule has 9 heteroatoms. The van der Waals surface area contributed by atoms with Crippen molar-refractivity contribution in [3.8, 4) is 12.3 Å². The summed E-state index contributed by atoms with van der Waals surface area (Å²) in [5.74, 6) is 3.02. The highest BCUT2D eigenvalue weighted by Gasteiger charge is 2.23. The molecule has 1 fully saturated rings. The van der Waals surface area contributed by atoms with Crippen LogP contribution in [0.25, 0.3) is 0 Å². The molecule has 4 heterocycles. The van der Waals surface area contributed by atoms with E-state index in [0.29, 0.717) is 42.8 Å². The number of amides is 2. The summed E-state index contributed by atoms with van der Waals surface area (Å²) in [4.78, 5) is 35.5. The monoisotopic (exact) mass is 485 g/mol. The molecule has 3 aromatic rings. The molecule has 0 aliphatic carbocycles. The smallest absolute Gasteiger partial charge is 0.329 e. The highest BCUT2D eigenvalue weighted by Crippen LogP contribution is 2.23. The van der Waals surface area contributed by atoms with Crippen molar-refractivity contribution in [3.05, 3.63) is 71.1 Å². The zero-order valence-corrected chi connectivity index (χ0v) is 20.9. The summed E-state index contributed by atoms with van der Waals surface area (Å²) >= 11 is 0. The second kappa shape index (κ2) is 11.7. The number of carbonyl (C=O) groups excluding carboxylic acids is 1. The van der Waals surface area contributed by atoms with Crippen molar-refractivity contribution in [2.45, 2.75) is 39.8 Å².